The minimum Gasteiger partial charge on any atom is -0.478 e. The van der Waals surface area contributed by atoms with E-state index in [2.05, 4.69) is 71.3 Å². The Kier molecular flexibility index (Phi) is 8.71. The second kappa shape index (κ2) is 12.1. The van der Waals surface area contributed by atoms with Gasteiger partial charge in [-0.2, -0.15) is 0 Å². The highest BCUT2D eigenvalue weighted by Crippen LogP contribution is 2.76. The monoisotopic (exact) mass is 655 g/mol. The number of rotatable bonds is 7. The third kappa shape index (κ3) is 5.15. The number of carbonyl (C=O) groups is 1. The van der Waals surface area contributed by atoms with Gasteiger partial charge in [0.1, 0.15) is 0 Å². The molecular formula is C44H66N2O2. The lowest BCUT2D eigenvalue weighted by atomic mass is 9.33. The molecule has 0 bridgehead atoms. The van der Waals surface area contributed by atoms with E-state index in [0.717, 1.165) is 30.7 Å². The van der Waals surface area contributed by atoms with Gasteiger partial charge < -0.3 is 15.3 Å². The number of nitrogens with one attached hydrogen (secondary N) is 1. The topological polar surface area (TPSA) is 52.6 Å². The molecule has 1 aromatic carbocycles. The van der Waals surface area contributed by atoms with Gasteiger partial charge in [-0.25, -0.2) is 4.79 Å². The first-order chi connectivity index (χ1) is 22.7. The first-order valence-electron chi connectivity index (χ1n) is 19.8. The lowest BCUT2D eigenvalue weighted by molar-refractivity contribution is -0.219. The SMILES string of the molecule is C=C(C)[C@@H]1CC[C@]2(NCCN3CCC(C)CC3)CC[C@]3(C)[C@H](CC[C@@H]4[C@@]5(C)CC=C(c6ccc(C(=O)O)cc6)C(C)(C)[C@@H]5CC[C@]43C)[C@@H]12. The number of carboxylic acids is 1. The summed E-state index contributed by atoms with van der Waals surface area (Å²) in [5.74, 6) is 3.51. The third-order valence-corrected chi connectivity index (χ3v) is 16.9. The molecular weight excluding hydrogens is 588 g/mol. The minimum absolute atomic E-state index is 0.0470. The van der Waals surface area contributed by atoms with Crippen LogP contribution in [0, 0.1) is 57.2 Å². The molecule has 7 rings (SSSR count). The first-order valence-corrected chi connectivity index (χ1v) is 19.8. The van der Waals surface area contributed by atoms with Gasteiger partial charge >= 0.3 is 5.97 Å². The second-order valence-corrected chi connectivity index (χ2v) is 19.2. The molecule has 0 amide bonds. The van der Waals surface area contributed by atoms with Gasteiger partial charge in [0, 0.05) is 18.6 Å². The van der Waals surface area contributed by atoms with Crippen molar-refractivity contribution in [1.29, 1.82) is 0 Å². The molecule has 48 heavy (non-hydrogen) atoms. The van der Waals surface area contributed by atoms with Crippen LogP contribution in [0.15, 0.2) is 42.5 Å². The summed E-state index contributed by atoms with van der Waals surface area (Å²) >= 11 is 0. The Morgan fingerprint density at radius 3 is 2.27 bits per heavy atom. The maximum atomic E-state index is 11.6. The van der Waals surface area contributed by atoms with Crippen LogP contribution in [-0.2, 0) is 0 Å². The highest BCUT2D eigenvalue weighted by molar-refractivity contribution is 5.88. The number of carboxylic acid groups (broad SMARTS) is 1. The van der Waals surface area contributed by atoms with E-state index in [4.69, 9.17) is 0 Å². The predicted octanol–water partition coefficient (Wildman–Crippen LogP) is 10.1. The number of aromatic carboxylic acids is 1. The zero-order valence-corrected chi connectivity index (χ0v) is 31.5. The summed E-state index contributed by atoms with van der Waals surface area (Å²) in [5.41, 5.74) is 5.72. The van der Waals surface area contributed by atoms with E-state index in [9.17, 15) is 9.90 Å². The van der Waals surface area contributed by atoms with Gasteiger partial charge in [-0.1, -0.05) is 71.9 Å². The molecule has 0 unspecified atom stereocenters. The average Bonchev–Trinajstić information content (AvgIpc) is 3.42. The van der Waals surface area contributed by atoms with Crippen molar-refractivity contribution in [3.63, 3.8) is 0 Å². The number of nitrogens with zero attached hydrogens (tertiary/aromatic N) is 1. The van der Waals surface area contributed by atoms with Crippen LogP contribution in [0.5, 0.6) is 0 Å². The van der Waals surface area contributed by atoms with E-state index >= 15 is 0 Å². The summed E-state index contributed by atoms with van der Waals surface area (Å²) in [5, 5.41) is 13.8. The molecule has 4 saturated carbocycles. The molecule has 4 nitrogen and oxygen atoms in total. The molecule has 9 atom stereocenters. The van der Waals surface area contributed by atoms with Gasteiger partial charge in [-0.15, -0.1) is 0 Å². The maximum absolute atomic E-state index is 11.6. The Morgan fingerprint density at radius 1 is 0.896 bits per heavy atom. The van der Waals surface area contributed by atoms with Crippen molar-refractivity contribution in [2.24, 2.45) is 57.2 Å². The molecule has 1 aliphatic heterocycles. The lowest BCUT2D eigenvalue weighted by Crippen LogP contribution is -2.68. The normalized spacial score (nSPS) is 42.6. The van der Waals surface area contributed by atoms with Crippen LogP contribution in [0.3, 0.4) is 0 Å². The molecule has 264 valence electrons. The van der Waals surface area contributed by atoms with Crippen molar-refractivity contribution in [3.8, 4) is 0 Å². The largest absolute Gasteiger partial charge is 0.478 e. The maximum Gasteiger partial charge on any atom is 0.335 e. The zero-order chi connectivity index (χ0) is 34.3. The Morgan fingerprint density at radius 2 is 1.60 bits per heavy atom. The fourth-order valence-electron chi connectivity index (χ4n) is 14.1. The highest BCUT2D eigenvalue weighted by Gasteiger charge is 2.70. The number of piperidine rings is 1. The summed E-state index contributed by atoms with van der Waals surface area (Å²) in [4.78, 5) is 14.3. The van der Waals surface area contributed by atoms with E-state index in [1.165, 1.54) is 101 Å². The van der Waals surface area contributed by atoms with Gasteiger partial charge in [-0.05, 0) is 171 Å². The summed E-state index contributed by atoms with van der Waals surface area (Å²) in [6, 6.07) is 7.67. The van der Waals surface area contributed by atoms with Crippen LogP contribution in [0.1, 0.15) is 135 Å². The summed E-state index contributed by atoms with van der Waals surface area (Å²) in [6.45, 7) is 27.5. The van der Waals surface area contributed by atoms with Crippen molar-refractivity contribution in [2.75, 3.05) is 26.2 Å². The third-order valence-electron chi connectivity index (χ3n) is 16.9. The molecule has 4 heteroatoms. The van der Waals surface area contributed by atoms with Crippen LogP contribution in [0.25, 0.3) is 5.57 Å². The van der Waals surface area contributed by atoms with Crippen molar-refractivity contribution in [3.05, 3.63) is 53.6 Å². The summed E-state index contributed by atoms with van der Waals surface area (Å²) in [6.07, 6.45) is 17.1. The number of hydrogen-bond donors (Lipinski definition) is 2. The van der Waals surface area contributed by atoms with Crippen LogP contribution in [-0.4, -0.2) is 47.7 Å². The number of hydrogen-bond acceptors (Lipinski definition) is 3. The fraction of sp³-hybridized carbons (Fsp3) is 0.750. The molecule has 1 aromatic rings. The van der Waals surface area contributed by atoms with Crippen LogP contribution >= 0.6 is 0 Å². The standard InChI is InChI=1S/C44H66N2O2/c1-29(2)33-15-22-44(45-25-28-46-26-18-30(3)19-27-46)24-23-42(7)35(38(33)44)13-14-37-41(6)20-16-34(31-9-11-32(12-10-31)39(47)48)40(4,5)36(41)17-21-43(37,42)8/h9-12,16,30,33,35-38,45H,1,13-15,17-28H2,2-8H3,(H,47,48)/t33-,35+,36-,37+,38+,41-,42+,43+,44-/m0/s1. The Balaban J connectivity index is 1.15. The van der Waals surface area contributed by atoms with E-state index in [1.807, 2.05) is 12.1 Å². The molecule has 0 radical (unpaired) electrons. The molecule has 0 aromatic heterocycles. The number of benzene rings is 1. The van der Waals surface area contributed by atoms with Crippen LogP contribution < -0.4 is 5.32 Å². The highest BCUT2D eigenvalue weighted by atomic mass is 16.4. The number of fused-ring (bicyclic) bond motifs is 7. The molecule has 5 fully saturated rings. The molecule has 1 saturated heterocycles. The summed E-state index contributed by atoms with van der Waals surface area (Å²) < 4.78 is 0. The first kappa shape index (κ1) is 34.5. The van der Waals surface area contributed by atoms with Gasteiger partial charge in [0.2, 0.25) is 0 Å². The predicted molar refractivity (Wildman–Crippen MR) is 199 cm³/mol. The van der Waals surface area contributed by atoms with Crippen molar-refractivity contribution in [1.82, 2.24) is 10.2 Å². The van der Waals surface area contributed by atoms with Crippen LogP contribution in [0.2, 0.25) is 0 Å². The zero-order valence-electron chi connectivity index (χ0n) is 31.5. The second-order valence-electron chi connectivity index (χ2n) is 19.2. The fourth-order valence-corrected chi connectivity index (χ4v) is 14.1. The van der Waals surface area contributed by atoms with Gasteiger partial charge in [-0.3, -0.25) is 0 Å². The number of likely N-dealkylation sites (tertiary alicyclic amines) is 1. The lowest BCUT2D eigenvalue weighted by Gasteiger charge is -2.72. The van der Waals surface area contributed by atoms with Crippen molar-refractivity contribution >= 4 is 11.5 Å². The van der Waals surface area contributed by atoms with Gasteiger partial charge in [0.25, 0.3) is 0 Å². The van der Waals surface area contributed by atoms with Crippen molar-refractivity contribution in [2.45, 2.75) is 125 Å². The molecule has 2 N–H and O–H groups in total. The molecule has 5 aliphatic carbocycles. The number of allylic oxidation sites excluding steroid dienone is 3. The van der Waals surface area contributed by atoms with Gasteiger partial charge in [0.15, 0.2) is 0 Å². The van der Waals surface area contributed by atoms with Crippen LogP contribution in [0.4, 0.5) is 0 Å². The van der Waals surface area contributed by atoms with E-state index < -0.39 is 5.97 Å². The van der Waals surface area contributed by atoms with Gasteiger partial charge in [0.05, 0.1) is 5.56 Å². The smallest absolute Gasteiger partial charge is 0.335 e. The molecule has 0 spiro atoms. The Labute approximate surface area is 292 Å². The van der Waals surface area contributed by atoms with E-state index in [-0.39, 0.29) is 16.4 Å². The summed E-state index contributed by atoms with van der Waals surface area (Å²) in [7, 11) is 0. The quantitative estimate of drug-likeness (QED) is 0.287. The average molecular weight is 655 g/mol. The minimum atomic E-state index is -0.850. The Hall–Kier alpha value is -1.91. The van der Waals surface area contributed by atoms with E-state index in [0.29, 0.717) is 34.1 Å². The van der Waals surface area contributed by atoms with E-state index in [1.54, 1.807) is 12.1 Å². The molecule has 6 aliphatic rings. The van der Waals surface area contributed by atoms with Crippen molar-refractivity contribution < 1.29 is 9.90 Å². The molecule has 1 heterocycles. The Bertz CT molecular complexity index is 1440.